The fourth-order valence-electron chi connectivity index (χ4n) is 2.42. The summed E-state index contributed by atoms with van der Waals surface area (Å²) in [6.07, 6.45) is -0.339. The van der Waals surface area contributed by atoms with Crippen molar-refractivity contribution in [2.45, 2.75) is 11.7 Å². The van der Waals surface area contributed by atoms with E-state index in [-0.39, 0.29) is 13.0 Å². The first-order valence-electron chi connectivity index (χ1n) is 7.24. The minimum absolute atomic E-state index is 0.178. The van der Waals surface area contributed by atoms with Gasteiger partial charge in [0.05, 0.1) is 11.4 Å². The van der Waals surface area contributed by atoms with Crippen molar-refractivity contribution < 1.29 is 17.1 Å². The molecule has 0 N–H and O–H groups in total. The van der Waals surface area contributed by atoms with Crippen LogP contribution >= 0.6 is 0 Å². The fourth-order valence-corrected chi connectivity index (χ4v) is 3.09. The molecule has 2 aromatic carbocycles. The Kier molecular flexibility index (Phi) is 4.39. The smallest absolute Gasteiger partial charge is 0.307 e. The Balaban J connectivity index is 1.73. The number of carbonyl (C=O) groups excluding carboxylic acids is 1. The number of nitrogens with zero attached hydrogens (tertiary/aromatic N) is 3. The van der Waals surface area contributed by atoms with E-state index < -0.39 is 21.4 Å². The number of azo groups is 1. The van der Waals surface area contributed by atoms with Gasteiger partial charge in [-0.2, -0.15) is 18.6 Å². The van der Waals surface area contributed by atoms with Crippen LogP contribution in [-0.2, 0) is 15.0 Å². The Morgan fingerprint density at radius 3 is 2.08 bits per heavy atom. The highest BCUT2D eigenvalue weighted by molar-refractivity contribution is 7.87. The van der Waals surface area contributed by atoms with Gasteiger partial charge in [0, 0.05) is 18.7 Å². The van der Waals surface area contributed by atoms with Gasteiger partial charge in [-0.1, -0.05) is 18.2 Å². The van der Waals surface area contributed by atoms with Crippen molar-refractivity contribution in [3.05, 3.63) is 54.6 Å². The van der Waals surface area contributed by atoms with Crippen molar-refractivity contribution in [1.29, 1.82) is 0 Å². The topological polar surface area (TPSA) is 79.2 Å². The second-order valence-corrected chi connectivity index (χ2v) is 6.98. The predicted octanol–water partition coefficient (Wildman–Crippen LogP) is 3.51. The van der Waals surface area contributed by atoms with Gasteiger partial charge in [-0.25, -0.2) is 0 Å². The van der Waals surface area contributed by atoms with Gasteiger partial charge in [-0.3, -0.25) is 4.79 Å². The summed E-state index contributed by atoms with van der Waals surface area (Å²) in [6.45, 7) is -0.178. The second-order valence-electron chi connectivity index (χ2n) is 5.36. The maximum atomic E-state index is 13.0. The first kappa shape index (κ1) is 16.3. The summed E-state index contributed by atoms with van der Waals surface area (Å²) in [5.74, 6) is -0.417. The first-order chi connectivity index (χ1) is 11.4. The third kappa shape index (κ3) is 3.65. The molecule has 0 bridgehead atoms. The van der Waals surface area contributed by atoms with Crippen LogP contribution in [0.2, 0.25) is 0 Å². The highest BCUT2D eigenvalue weighted by Gasteiger charge is 2.38. The molecule has 124 valence electrons. The SMILES string of the molecule is O=C1CC(S(=O)(=O)F)CN1c1ccc(N=Nc2ccccc2)cc1. The van der Waals surface area contributed by atoms with E-state index in [2.05, 4.69) is 10.2 Å². The lowest BCUT2D eigenvalue weighted by atomic mass is 10.2. The lowest BCUT2D eigenvalue weighted by Gasteiger charge is -2.15. The molecular weight excluding hydrogens is 333 g/mol. The molecule has 1 unspecified atom stereocenters. The molecule has 0 aromatic heterocycles. The lowest BCUT2D eigenvalue weighted by Crippen LogP contribution is -2.26. The molecular formula is C16H14FN3O3S. The summed E-state index contributed by atoms with van der Waals surface area (Å²) in [5, 5.41) is 6.86. The zero-order chi connectivity index (χ0) is 17.2. The minimum atomic E-state index is -4.72. The van der Waals surface area contributed by atoms with E-state index in [1.807, 2.05) is 30.3 Å². The van der Waals surface area contributed by atoms with Crippen molar-refractivity contribution in [3.8, 4) is 0 Å². The Morgan fingerprint density at radius 1 is 0.958 bits per heavy atom. The second kappa shape index (κ2) is 6.48. The predicted molar refractivity (Wildman–Crippen MR) is 87.8 cm³/mol. The van der Waals surface area contributed by atoms with Crippen LogP contribution in [0.4, 0.5) is 20.9 Å². The highest BCUT2D eigenvalue weighted by Crippen LogP contribution is 2.28. The third-order valence-corrected chi connectivity index (χ3v) is 4.80. The molecule has 1 heterocycles. The van der Waals surface area contributed by atoms with E-state index in [1.54, 1.807) is 24.3 Å². The summed E-state index contributed by atoms with van der Waals surface area (Å²) in [7, 11) is -4.72. The molecule has 1 amide bonds. The van der Waals surface area contributed by atoms with E-state index in [0.29, 0.717) is 17.1 Å². The normalized spacial score (nSPS) is 18.5. The Labute approximate surface area is 138 Å². The van der Waals surface area contributed by atoms with Gasteiger partial charge in [0.1, 0.15) is 5.25 Å². The van der Waals surface area contributed by atoms with E-state index in [9.17, 15) is 17.1 Å². The molecule has 3 rings (SSSR count). The summed E-state index contributed by atoms with van der Waals surface area (Å²) in [4.78, 5) is 13.1. The van der Waals surface area contributed by atoms with Crippen molar-refractivity contribution in [2.75, 3.05) is 11.4 Å². The zero-order valence-electron chi connectivity index (χ0n) is 12.5. The van der Waals surface area contributed by atoms with E-state index in [0.717, 1.165) is 0 Å². The molecule has 0 aliphatic carbocycles. The van der Waals surface area contributed by atoms with Crippen molar-refractivity contribution >= 4 is 33.2 Å². The molecule has 6 nitrogen and oxygen atoms in total. The largest absolute Gasteiger partial charge is 0.311 e. The van der Waals surface area contributed by atoms with Gasteiger partial charge in [-0.05, 0) is 36.4 Å². The molecule has 1 atom stereocenters. The van der Waals surface area contributed by atoms with Crippen LogP contribution in [0.1, 0.15) is 6.42 Å². The summed E-state index contributed by atoms with van der Waals surface area (Å²) >= 11 is 0. The average Bonchev–Trinajstić information content (AvgIpc) is 2.97. The molecule has 1 fully saturated rings. The number of benzene rings is 2. The number of carbonyl (C=O) groups is 1. The van der Waals surface area contributed by atoms with Crippen LogP contribution in [0.3, 0.4) is 0 Å². The molecule has 1 aliphatic heterocycles. The van der Waals surface area contributed by atoms with Crippen LogP contribution in [0.5, 0.6) is 0 Å². The van der Waals surface area contributed by atoms with Crippen molar-refractivity contribution in [2.24, 2.45) is 10.2 Å². The van der Waals surface area contributed by atoms with Crippen molar-refractivity contribution in [3.63, 3.8) is 0 Å². The van der Waals surface area contributed by atoms with Gasteiger partial charge >= 0.3 is 10.2 Å². The summed E-state index contributed by atoms with van der Waals surface area (Å²) in [5.41, 5.74) is 1.81. The van der Waals surface area contributed by atoms with Gasteiger partial charge in [-0.15, -0.1) is 3.89 Å². The van der Waals surface area contributed by atoms with Gasteiger partial charge in [0.15, 0.2) is 0 Å². The van der Waals surface area contributed by atoms with E-state index in [1.165, 1.54) is 4.90 Å². The van der Waals surface area contributed by atoms with Gasteiger partial charge in [0.25, 0.3) is 0 Å². The molecule has 1 aliphatic rings. The van der Waals surface area contributed by atoms with Crippen molar-refractivity contribution in [1.82, 2.24) is 0 Å². The lowest BCUT2D eigenvalue weighted by molar-refractivity contribution is -0.117. The first-order valence-corrected chi connectivity index (χ1v) is 8.69. The Morgan fingerprint density at radius 2 is 1.54 bits per heavy atom. The molecule has 24 heavy (non-hydrogen) atoms. The highest BCUT2D eigenvalue weighted by atomic mass is 32.3. The van der Waals surface area contributed by atoms with E-state index >= 15 is 0 Å². The number of halogens is 1. The fraction of sp³-hybridized carbons (Fsp3) is 0.188. The maximum Gasteiger partial charge on any atom is 0.307 e. The number of amides is 1. The third-order valence-electron chi connectivity index (χ3n) is 3.69. The molecule has 0 spiro atoms. The van der Waals surface area contributed by atoms with Crippen LogP contribution in [0.25, 0.3) is 0 Å². The molecule has 2 aromatic rings. The van der Waals surface area contributed by atoms with Crippen LogP contribution in [-0.4, -0.2) is 26.1 Å². The van der Waals surface area contributed by atoms with Crippen LogP contribution in [0, 0.1) is 0 Å². The quantitative estimate of drug-likeness (QED) is 0.627. The monoisotopic (exact) mass is 347 g/mol. The average molecular weight is 347 g/mol. The van der Waals surface area contributed by atoms with E-state index in [4.69, 9.17) is 0 Å². The summed E-state index contributed by atoms with van der Waals surface area (Å²) < 4.78 is 35.0. The van der Waals surface area contributed by atoms with Crippen LogP contribution < -0.4 is 4.90 Å². The number of hydrogen-bond donors (Lipinski definition) is 0. The molecule has 0 saturated carbocycles. The van der Waals surface area contributed by atoms with Gasteiger partial charge in [0.2, 0.25) is 5.91 Å². The molecule has 8 heteroatoms. The maximum absolute atomic E-state index is 13.0. The van der Waals surface area contributed by atoms with Crippen LogP contribution in [0.15, 0.2) is 64.8 Å². The summed E-state index contributed by atoms with van der Waals surface area (Å²) in [6, 6.07) is 15.8. The number of anilines is 1. The number of rotatable bonds is 4. The zero-order valence-corrected chi connectivity index (χ0v) is 13.4. The molecule has 0 radical (unpaired) electrons. The standard InChI is InChI=1S/C16H14FN3O3S/c17-24(22,23)15-10-16(21)20(11-15)14-8-6-13(7-9-14)19-18-12-4-2-1-3-5-12/h1-9,15H,10-11H2. The molecule has 1 saturated heterocycles. The van der Waals surface area contributed by atoms with Gasteiger partial charge < -0.3 is 4.90 Å². The Bertz CT molecular complexity index is 867. The minimum Gasteiger partial charge on any atom is -0.311 e. The number of hydrogen-bond acceptors (Lipinski definition) is 5. The Hall–Kier alpha value is -2.61.